The summed E-state index contributed by atoms with van der Waals surface area (Å²) in [6.45, 7) is 2.62. The zero-order valence-corrected chi connectivity index (χ0v) is 11.7. The molecule has 1 saturated carbocycles. The quantitative estimate of drug-likeness (QED) is 0.803. The van der Waals surface area contributed by atoms with Gasteiger partial charge >= 0.3 is 0 Å². The van der Waals surface area contributed by atoms with Gasteiger partial charge < -0.3 is 10.2 Å². The van der Waals surface area contributed by atoms with Crippen molar-refractivity contribution in [1.82, 2.24) is 20.2 Å². The maximum Gasteiger partial charge on any atom is 0.244 e. The molecule has 19 heavy (non-hydrogen) atoms. The number of amides is 1. The van der Waals surface area contributed by atoms with E-state index in [1.807, 2.05) is 38.1 Å². The first-order valence-corrected chi connectivity index (χ1v) is 6.45. The average Bonchev–Trinajstić information content (AvgIpc) is 3.09. The molecule has 1 aliphatic rings. The van der Waals surface area contributed by atoms with Crippen molar-refractivity contribution in [3.05, 3.63) is 35.9 Å². The van der Waals surface area contributed by atoms with Crippen LogP contribution in [-0.4, -0.2) is 41.4 Å². The van der Waals surface area contributed by atoms with E-state index in [-0.39, 0.29) is 11.4 Å². The van der Waals surface area contributed by atoms with Crippen molar-refractivity contribution in [3.8, 4) is 0 Å². The topological polar surface area (TPSA) is 58.1 Å². The lowest BCUT2D eigenvalue weighted by atomic mass is 10.1. The molecule has 0 saturated heterocycles. The van der Waals surface area contributed by atoms with Crippen LogP contribution >= 0.6 is 0 Å². The molecule has 0 aliphatic heterocycles. The normalized spacial score (nSPS) is 16.8. The zero-order valence-electron chi connectivity index (χ0n) is 11.7. The summed E-state index contributed by atoms with van der Waals surface area (Å²) in [4.78, 5) is 22.4. The van der Waals surface area contributed by atoms with Crippen molar-refractivity contribution >= 4 is 5.91 Å². The van der Waals surface area contributed by atoms with Gasteiger partial charge in [0.25, 0.3) is 0 Å². The second-order valence-electron chi connectivity index (χ2n) is 5.23. The molecule has 0 radical (unpaired) electrons. The summed E-state index contributed by atoms with van der Waals surface area (Å²) in [6, 6.07) is 1.88. The van der Waals surface area contributed by atoms with Crippen LogP contribution in [0.1, 0.15) is 24.4 Å². The Bertz CT molecular complexity index is 492. The van der Waals surface area contributed by atoms with Gasteiger partial charge in [-0.15, -0.1) is 0 Å². The van der Waals surface area contributed by atoms with E-state index in [9.17, 15) is 4.79 Å². The minimum Gasteiger partial charge on any atom is -0.341 e. The molecule has 5 heteroatoms. The number of carbonyl (C=O) groups is 1. The van der Waals surface area contributed by atoms with Gasteiger partial charge in [0.1, 0.15) is 5.82 Å². The second-order valence-corrected chi connectivity index (χ2v) is 5.23. The highest BCUT2D eigenvalue weighted by Crippen LogP contribution is 2.44. The highest BCUT2D eigenvalue weighted by atomic mass is 16.1. The largest absolute Gasteiger partial charge is 0.341 e. The van der Waals surface area contributed by atoms with Crippen molar-refractivity contribution in [2.45, 2.75) is 25.3 Å². The third-order valence-corrected chi connectivity index (χ3v) is 3.12. The van der Waals surface area contributed by atoms with Crippen molar-refractivity contribution < 1.29 is 4.79 Å². The van der Waals surface area contributed by atoms with Gasteiger partial charge in [-0.3, -0.25) is 4.79 Å². The summed E-state index contributed by atoms with van der Waals surface area (Å²) in [5, 5.41) is 3.05. The van der Waals surface area contributed by atoms with Gasteiger partial charge in [-0.25, -0.2) is 9.97 Å². The summed E-state index contributed by atoms with van der Waals surface area (Å²) in [5.41, 5.74) is 0.641. The van der Waals surface area contributed by atoms with Crippen LogP contribution in [0.3, 0.4) is 0 Å². The van der Waals surface area contributed by atoms with Gasteiger partial charge in [0.2, 0.25) is 5.91 Å². The average molecular weight is 260 g/mol. The summed E-state index contributed by atoms with van der Waals surface area (Å²) >= 11 is 0. The summed E-state index contributed by atoms with van der Waals surface area (Å²) < 4.78 is 0. The van der Waals surface area contributed by atoms with E-state index in [0.29, 0.717) is 0 Å². The van der Waals surface area contributed by atoms with Crippen LogP contribution in [0.2, 0.25) is 0 Å². The Morgan fingerprint density at radius 1 is 1.53 bits per heavy atom. The number of likely N-dealkylation sites (N-methyl/N-ethyl adjacent to an activating group) is 1. The van der Waals surface area contributed by atoms with Gasteiger partial charge in [0, 0.05) is 18.8 Å². The first kappa shape index (κ1) is 13.7. The molecule has 5 nitrogen and oxygen atoms in total. The number of nitrogens with one attached hydrogen (secondary N) is 1. The molecule has 1 N–H and O–H groups in total. The van der Waals surface area contributed by atoms with Gasteiger partial charge in [-0.05, 0) is 39.9 Å². The molecule has 102 valence electrons. The van der Waals surface area contributed by atoms with Crippen LogP contribution in [0.25, 0.3) is 0 Å². The van der Waals surface area contributed by atoms with E-state index >= 15 is 0 Å². The standard InChI is InChI=1S/C14H20N4O/c1-11-15-9-6-12(16-11)14(7-8-14)17-13(19)5-4-10-18(2)3/h4-6,9H,7-8,10H2,1-3H3,(H,17,19)/b5-4+. The first-order valence-electron chi connectivity index (χ1n) is 6.45. The Balaban J connectivity index is 1.99. The van der Waals surface area contributed by atoms with Crippen LogP contribution in [0.4, 0.5) is 0 Å². The molecule has 2 rings (SSSR count). The lowest BCUT2D eigenvalue weighted by Gasteiger charge is -2.16. The molecule has 1 fully saturated rings. The Hall–Kier alpha value is -1.75. The minimum atomic E-state index is -0.271. The number of hydrogen-bond acceptors (Lipinski definition) is 4. The molecule has 1 amide bonds. The Kier molecular flexibility index (Phi) is 3.95. The minimum absolute atomic E-state index is 0.0596. The lowest BCUT2D eigenvalue weighted by molar-refractivity contribution is -0.117. The smallest absolute Gasteiger partial charge is 0.244 e. The van der Waals surface area contributed by atoms with E-state index in [0.717, 1.165) is 30.9 Å². The highest BCUT2D eigenvalue weighted by molar-refractivity contribution is 5.88. The third kappa shape index (κ3) is 3.61. The van der Waals surface area contributed by atoms with Gasteiger partial charge in [0.05, 0.1) is 11.2 Å². The summed E-state index contributed by atoms with van der Waals surface area (Å²) in [7, 11) is 3.93. The van der Waals surface area contributed by atoms with Gasteiger partial charge in [-0.1, -0.05) is 6.08 Å². The van der Waals surface area contributed by atoms with Crippen LogP contribution < -0.4 is 5.32 Å². The Labute approximate surface area is 113 Å². The number of nitrogens with zero attached hydrogens (tertiary/aromatic N) is 3. The summed E-state index contributed by atoms with van der Waals surface area (Å²) in [5.74, 6) is 0.678. The Morgan fingerprint density at radius 3 is 2.84 bits per heavy atom. The molecule has 0 unspecified atom stereocenters. The predicted molar refractivity (Wildman–Crippen MR) is 73.5 cm³/mol. The molecule has 1 aromatic rings. The van der Waals surface area contributed by atoms with Crippen LogP contribution in [0.15, 0.2) is 24.4 Å². The maximum atomic E-state index is 11.9. The van der Waals surface area contributed by atoms with E-state index in [2.05, 4.69) is 15.3 Å². The molecule has 0 atom stereocenters. The molecule has 1 aromatic heterocycles. The van der Waals surface area contributed by atoms with Crippen LogP contribution in [-0.2, 0) is 10.3 Å². The molecular formula is C14H20N4O. The number of carbonyl (C=O) groups excluding carboxylic acids is 1. The summed E-state index contributed by atoms with van der Waals surface area (Å²) in [6.07, 6.45) is 7.07. The van der Waals surface area contributed by atoms with Crippen molar-refractivity contribution in [1.29, 1.82) is 0 Å². The highest BCUT2D eigenvalue weighted by Gasteiger charge is 2.46. The molecular weight excluding hydrogens is 240 g/mol. The SMILES string of the molecule is Cc1nccc(C2(NC(=O)/C=C/CN(C)C)CC2)n1. The molecule has 0 spiro atoms. The molecule has 1 heterocycles. The Morgan fingerprint density at radius 2 is 2.26 bits per heavy atom. The first-order chi connectivity index (χ1) is 9.02. The van der Waals surface area contributed by atoms with Crippen LogP contribution in [0, 0.1) is 6.92 Å². The fraction of sp³-hybridized carbons (Fsp3) is 0.500. The number of hydrogen-bond donors (Lipinski definition) is 1. The van der Waals surface area contributed by atoms with E-state index < -0.39 is 0 Å². The lowest BCUT2D eigenvalue weighted by Crippen LogP contribution is -2.34. The number of aromatic nitrogens is 2. The molecule has 0 bridgehead atoms. The van der Waals surface area contributed by atoms with Crippen molar-refractivity contribution in [2.75, 3.05) is 20.6 Å². The van der Waals surface area contributed by atoms with Crippen LogP contribution in [0.5, 0.6) is 0 Å². The van der Waals surface area contributed by atoms with E-state index in [1.54, 1.807) is 12.3 Å². The fourth-order valence-electron chi connectivity index (χ4n) is 1.94. The van der Waals surface area contributed by atoms with Gasteiger partial charge in [0.15, 0.2) is 0 Å². The fourth-order valence-corrected chi connectivity index (χ4v) is 1.94. The van der Waals surface area contributed by atoms with E-state index in [4.69, 9.17) is 0 Å². The second kappa shape index (κ2) is 5.48. The monoisotopic (exact) mass is 260 g/mol. The number of rotatable bonds is 5. The number of aryl methyl sites for hydroxylation is 1. The molecule has 1 aliphatic carbocycles. The van der Waals surface area contributed by atoms with E-state index in [1.165, 1.54) is 0 Å². The predicted octanol–water partition coefficient (Wildman–Crippen LogP) is 1.01. The van der Waals surface area contributed by atoms with Gasteiger partial charge in [-0.2, -0.15) is 0 Å². The maximum absolute atomic E-state index is 11.9. The van der Waals surface area contributed by atoms with Crippen molar-refractivity contribution in [2.24, 2.45) is 0 Å². The van der Waals surface area contributed by atoms with Crippen molar-refractivity contribution in [3.63, 3.8) is 0 Å². The third-order valence-electron chi connectivity index (χ3n) is 3.12. The zero-order chi connectivity index (χ0) is 13.9. The molecule has 0 aromatic carbocycles.